The van der Waals surface area contributed by atoms with Crippen molar-refractivity contribution in [2.45, 2.75) is 33.6 Å². The summed E-state index contributed by atoms with van der Waals surface area (Å²) in [6.45, 7) is 19.3. The molecule has 8 aliphatic heterocycles. The lowest BCUT2D eigenvalue weighted by Crippen LogP contribution is -2.71. The standard InChI is InChI=1S/C10H16O4.2C6H12N4/c1-9(2)6(7(11)12)4-5-10(9,3)8(13)14;2*1-7-2-9-4-8(1)5-10(3-7)6-9/h6H,4-5H2,1-3H3,(H,11,12)(H,13,14);2*1-6H2/t6-,10+;;/m1../s1. The maximum absolute atomic E-state index is 11.1. The molecule has 0 radical (unpaired) electrons. The second kappa shape index (κ2) is 8.93. The van der Waals surface area contributed by atoms with Crippen LogP contribution < -0.4 is 0 Å². The molecular weight excluding hydrogens is 440 g/mol. The molecule has 0 unspecified atom stereocenters. The molecule has 0 spiro atoms. The molecule has 8 heterocycles. The van der Waals surface area contributed by atoms with Gasteiger partial charge in [-0.3, -0.25) is 48.8 Å². The second-order valence-electron chi connectivity index (χ2n) is 11.9. The Kier molecular flexibility index (Phi) is 6.39. The molecular formula is C22H40N8O4. The van der Waals surface area contributed by atoms with Crippen molar-refractivity contribution in [3.05, 3.63) is 0 Å². The number of aliphatic carboxylic acids is 2. The van der Waals surface area contributed by atoms with E-state index in [2.05, 4.69) is 39.2 Å². The van der Waals surface area contributed by atoms with E-state index in [4.69, 9.17) is 10.2 Å². The van der Waals surface area contributed by atoms with Gasteiger partial charge in [0.05, 0.1) is 91.4 Å². The molecule has 0 amide bonds. The van der Waals surface area contributed by atoms with Crippen LogP contribution in [0.25, 0.3) is 0 Å². The fourth-order valence-electron chi connectivity index (χ4n) is 6.78. The smallest absolute Gasteiger partial charge is 0.309 e. The predicted molar refractivity (Wildman–Crippen MR) is 123 cm³/mol. The molecule has 9 aliphatic rings. The van der Waals surface area contributed by atoms with E-state index >= 15 is 0 Å². The number of carboxylic acids is 2. The molecule has 2 N–H and O–H groups in total. The van der Waals surface area contributed by atoms with E-state index < -0.39 is 28.7 Å². The van der Waals surface area contributed by atoms with Crippen LogP contribution in [0.5, 0.6) is 0 Å². The van der Waals surface area contributed by atoms with Crippen LogP contribution in [-0.4, -0.2) is 141 Å². The molecule has 1 saturated carbocycles. The minimum atomic E-state index is -0.921. The van der Waals surface area contributed by atoms with Crippen molar-refractivity contribution >= 4 is 11.9 Å². The highest BCUT2D eigenvalue weighted by atomic mass is 16.4. The average Bonchev–Trinajstić information content (AvgIpc) is 2.97. The summed E-state index contributed by atoms with van der Waals surface area (Å²) in [5.41, 5.74) is -1.61. The first-order chi connectivity index (χ1) is 16.0. The SMILES string of the molecule is C1N2CN3CN1CN(C2)C3.C1N2CN3CN1CN(C2)C3.CC1(C)[C@@H](C(=O)O)CC[C@@]1(C)C(=O)O. The fourth-order valence-corrected chi connectivity index (χ4v) is 6.78. The summed E-state index contributed by atoms with van der Waals surface area (Å²) in [6.07, 6.45) is 0.886. The van der Waals surface area contributed by atoms with E-state index in [1.165, 1.54) is 80.0 Å². The van der Waals surface area contributed by atoms with Crippen LogP contribution in [0.1, 0.15) is 33.6 Å². The second-order valence-corrected chi connectivity index (χ2v) is 11.9. The summed E-state index contributed by atoms with van der Waals surface area (Å²) in [6, 6.07) is 0. The lowest BCUT2D eigenvalue weighted by Gasteiger charge is -2.56. The summed E-state index contributed by atoms with van der Waals surface area (Å²) in [5, 5.41) is 18.1. The molecule has 2 atom stereocenters. The minimum Gasteiger partial charge on any atom is -0.481 e. The first kappa shape index (κ1) is 24.3. The summed E-state index contributed by atoms with van der Waals surface area (Å²) in [5.74, 6) is -2.34. The quantitative estimate of drug-likeness (QED) is 0.536. The van der Waals surface area contributed by atoms with Gasteiger partial charge in [-0.25, -0.2) is 0 Å². The van der Waals surface area contributed by atoms with E-state index in [-0.39, 0.29) is 0 Å². The summed E-state index contributed by atoms with van der Waals surface area (Å²) in [4.78, 5) is 41.8. The number of carboxylic acid groups (broad SMARTS) is 2. The van der Waals surface area contributed by atoms with Gasteiger partial charge in [-0.05, 0) is 25.2 Å². The molecule has 9 fully saturated rings. The zero-order chi connectivity index (χ0) is 24.3. The lowest BCUT2D eigenvalue weighted by molar-refractivity contribution is -0.194. The highest BCUT2D eigenvalue weighted by Gasteiger charge is 2.58. The van der Waals surface area contributed by atoms with E-state index in [0.29, 0.717) is 12.8 Å². The van der Waals surface area contributed by atoms with Gasteiger partial charge in [-0.1, -0.05) is 13.8 Å². The highest BCUT2D eigenvalue weighted by Crippen LogP contribution is 2.56. The van der Waals surface area contributed by atoms with Crippen LogP contribution >= 0.6 is 0 Å². The number of hydrogen-bond acceptors (Lipinski definition) is 10. The Bertz CT molecular complexity index is 661. The van der Waals surface area contributed by atoms with Crippen LogP contribution in [0.4, 0.5) is 0 Å². The van der Waals surface area contributed by atoms with Crippen molar-refractivity contribution < 1.29 is 19.8 Å². The first-order valence-corrected chi connectivity index (χ1v) is 12.3. The van der Waals surface area contributed by atoms with Crippen LogP contribution in [0, 0.1) is 16.7 Å². The molecule has 0 aromatic rings. The molecule has 8 bridgehead atoms. The van der Waals surface area contributed by atoms with Gasteiger partial charge in [-0.15, -0.1) is 0 Å². The van der Waals surface area contributed by atoms with Gasteiger partial charge in [0.15, 0.2) is 0 Å². The largest absolute Gasteiger partial charge is 0.481 e. The summed E-state index contributed by atoms with van der Waals surface area (Å²) >= 11 is 0. The molecule has 0 aromatic carbocycles. The first-order valence-electron chi connectivity index (χ1n) is 12.3. The Labute approximate surface area is 201 Å². The summed E-state index contributed by atoms with van der Waals surface area (Å²) in [7, 11) is 0. The maximum Gasteiger partial charge on any atom is 0.309 e. The van der Waals surface area contributed by atoms with Crippen molar-refractivity contribution in [1.82, 2.24) is 39.2 Å². The van der Waals surface area contributed by atoms with Gasteiger partial charge < -0.3 is 10.2 Å². The number of rotatable bonds is 2. The zero-order valence-electron chi connectivity index (χ0n) is 20.8. The van der Waals surface area contributed by atoms with Crippen molar-refractivity contribution in [3.8, 4) is 0 Å². The fraction of sp³-hybridized carbons (Fsp3) is 0.909. The lowest BCUT2D eigenvalue weighted by atomic mass is 9.66. The topological polar surface area (TPSA) is 101 Å². The molecule has 34 heavy (non-hydrogen) atoms. The van der Waals surface area contributed by atoms with Crippen molar-refractivity contribution in [2.75, 3.05) is 80.0 Å². The zero-order valence-corrected chi connectivity index (χ0v) is 20.8. The molecule has 0 aromatic heterocycles. The average molecular weight is 481 g/mol. The van der Waals surface area contributed by atoms with E-state index in [0.717, 1.165) is 0 Å². The highest BCUT2D eigenvalue weighted by molar-refractivity contribution is 5.80. The minimum absolute atomic E-state index is 0.437. The van der Waals surface area contributed by atoms with E-state index in [1.807, 2.05) is 0 Å². The van der Waals surface area contributed by atoms with Crippen LogP contribution in [0.15, 0.2) is 0 Å². The monoisotopic (exact) mass is 480 g/mol. The van der Waals surface area contributed by atoms with E-state index in [1.54, 1.807) is 20.8 Å². The van der Waals surface area contributed by atoms with E-state index in [9.17, 15) is 9.59 Å². The van der Waals surface area contributed by atoms with Gasteiger partial charge in [0.1, 0.15) is 0 Å². The summed E-state index contributed by atoms with van der Waals surface area (Å²) < 4.78 is 0. The van der Waals surface area contributed by atoms with Gasteiger partial charge in [0.2, 0.25) is 0 Å². The number of carbonyl (C=O) groups is 2. The van der Waals surface area contributed by atoms with Gasteiger partial charge in [0.25, 0.3) is 0 Å². The van der Waals surface area contributed by atoms with Crippen molar-refractivity contribution in [3.63, 3.8) is 0 Å². The third-order valence-electron chi connectivity index (χ3n) is 8.80. The van der Waals surface area contributed by atoms with Crippen LogP contribution in [0.2, 0.25) is 0 Å². The number of nitrogens with zero attached hydrogens (tertiary/aromatic N) is 8. The Balaban J connectivity index is 0.000000108. The van der Waals surface area contributed by atoms with Gasteiger partial charge >= 0.3 is 11.9 Å². The Hall–Kier alpha value is -1.38. The Morgan fingerprint density at radius 3 is 1.00 bits per heavy atom. The van der Waals surface area contributed by atoms with Crippen LogP contribution in [-0.2, 0) is 9.59 Å². The molecule has 12 heteroatoms. The molecule has 192 valence electrons. The predicted octanol–water partition coefficient (Wildman–Crippen LogP) is -0.441. The third-order valence-corrected chi connectivity index (χ3v) is 8.80. The molecule has 12 nitrogen and oxygen atoms in total. The van der Waals surface area contributed by atoms with Gasteiger partial charge in [-0.2, -0.15) is 0 Å². The Morgan fingerprint density at radius 1 is 0.588 bits per heavy atom. The van der Waals surface area contributed by atoms with Crippen LogP contribution in [0.3, 0.4) is 0 Å². The molecule has 1 aliphatic carbocycles. The van der Waals surface area contributed by atoms with Crippen molar-refractivity contribution in [2.24, 2.45) is 16.7 Å². The Morgan fingerprint density at radius 2 is 0.853 bits per heavy atom. The van der Waals surface area contributed by atoms with Crippen molar-refractivity contribution in [1.29, 1.82) is 0 Å². The normalized spacial score (nSPS) is 48.5. The number of hydrogen-bond donors (Lipinski definition) is 2. The molecule has 8 saturated heterocycles. The maximum atomic E-state index is 11.1. The third kappa shape index (κ3) is 4.46. The van der Waals surface area contributed by atoms with Gasteiger partial charge in [0, 0.05) is 0 Å². The molecule has 9 rings (SSSR count).